The molecule has 1 nitrogen and oxygen atoms in total. The van der Waals surface area contributed by atoms with Crippen LogP contribution in [-0.2, 0) is 0 Å². The minimum atomic E-state index is 1.05. The monoisotopic (exact) mass is 167 g/mol. The molecule has 0 atom stereocenters. The van der Waals surface area contributed by atoms with Gasteiger partial charge in [-0.15, -0.1) is 0 Å². The highest BCUT2D eigenvalue weighted by atomic mass is 14.9. The predicted molar refractivity (Wildman–Crippen MR) is 56.3 cm³/mol. The van der Waals surface area contributed by atoms with Crippen molar-refractivity contribution in [2.45, 2.75) is 34.1 Å². The van der Waals surface area contributed by atoms with E-state index in [1.54, 1.807) is 0 Å². The summed E-state index contributed by atoms with van der Waals surface area (Å²) in [5, 5.41) is 3.34. The summed E-state index contributed by atoms with van der Waals surface area (Å²) in [4.78, 5) is 0. The maximum absolute atomic E-state index is 3.34. The highest BCUT2D eigenvalue weighted by molar-refractivity contribution is 5.27. The van der Waals surface area contributed by atoms with Crippen LogP contribution in [-0.4, -0.2) is 13.1 Å². The summed E-state index contributed by atoms with van der Waals surface area (Å²) in [7, 11) is 0. The van der Waals surface area contributed by atoms with Gasteiger partial charge in [0.2, 0.25) is 0 Å². The van der Waals surface area contributed by atoms with Crippen LogP contribution in [0.2, 0.25) is 0 Å². The van der Waals surface area contributed by atoms with Crippen LogP contribution in [0.5, 0.6) is 0 Å². The fourth-order valence-corrected chi connectivity index (χ4v) is 1.21. The van der Waals surface area contributed by atoms with E-state index in [4.69, 9.17) is 0 Å². The Balaban J connectivity index is 0.000000561. The minimum Gasteiger partial charge on any atom is -0.312 e. The van der Waals surface area contributed by atoms with Gasteiger partial charge >= 0.3 is 0 Å². The van der Waals surface area contributed by atoms with Crippen LogP contribution in [0, 0.1) is 0 Å². The summed E-state index contributed by atoms with van der Waals surface area (Å²) in [6.45, 7) is 10.5. The zero-order chi connectivity index (χ0) is 9.40. The molecule has 12 heavy (non-hydrogen) atoms. The quantitative estimate of drug-likeness (QED) is 0.633. The molecule has 1 heteroatoms. The molecular formula is C11H21N. The number of rotatable bonds is 1. The van der Waals surface area contributed by atoms with E-state index in [1.165, 1.54) is 17.6 Å². The fourth-order valence-electron chi connectivity index (χ4n) is 1.21. The second-order valence-electron chi connectivity index (χ2n) is 2.73. The van der Waals surface area contributed by atoms with Crippen LogP contribution in [0.3, 0.4) is 0 Å². The summed E-state index contributed by atoms with van der Waals surface area (Å²) in [6.07, 6.45) is 5.51. The first-order valence-electron chi connectivity index (χ1n) is 4.86. The summed E-state index contributed by atoms with van der Waals surface area (Å²) in [6, 6.07) is 0. The normalized spacial score (nSPS) is 17.7. The van der Waals surface area contributed by atoms with Crippen LogP contribution in [0.1, 0.15) is 34.1 Å². The van der Waals surface area contributed by atoms with Crippen LogP contribution in [0.25, 0.3) is 0 Å². The van der Waals surface area contributed by atoms with Gasteiger partial charge < -0.3 is 5.32 Å². The van der Waals surface area contributed by atoms with E-state index in [2.05, 4.69) is 31.3 Å². The Hall–Kier alpha value is -0.560. The molecule has 1 aliphatic rings. The van der Waals surface area contributed by atoms with Gasteiger partial charge in [-0.1, -0.05) is 31.6 Å². The third-order valence-electron chi connectivity index (χ3n) is 1.91. The van der Waals surface area contributed by atoms with Crippen molar-refractivity contribution in [2.24, 2.45) is 0 Å². The molecule has 1 rings (SSSR count). The molecule has 0 bridgehead atoms. The Kier molecular flexibility index (Phi) is 6.78. The predicted octanol–water partition coefficient (Wildman–Crippen LogP) is 2.90. The van der Waals surface area contributed by atoms with E-state index in [0.29, 0.717) is 0 Å². The molecule has 70 valence electrons. The second kappa shape index (κ2) is 7.11. The number of nitrogens with one attached hydrogen (secondary N) is 1. The van der Waals surface area contributed by atoms with E-state index in [9.17, 15) is 0 Å². The van der Waals surface area contributed by atoms with Crippen molar-refractivity contribution in [2.75, 3.05) is 13.1 Å². The van der Waals surface area contributed by atoms with E-state index >= 15 is 0 Å². The molecule has 0 unspecified atom stereocenters. The standard InChI is InChI=1S/C9H15N.C2H6/c1-3-4-9-7-10-6-5-8(9)2;1-2/h3-4,10H,5-7H2,1-2H3;1-2H3/b4-3-;. The van der Waals surface area contributed by atoms with E-state index in [1.807, 2.05) is 13.8 Å². The van der Waals surface area contributed by atoms with Gasteiger partial charge in [-0.3, -0.25) is 0 Å². The summed E-state index contributed by atoms with van der Waals surface area (Å²) >= 11 is 0. The lowest BCUT2D eigenvalue weighted by Gasteiger charge is -2.15. The average Bonchev–Trinajstić information content (AvgIpc) is 2.13. The van der Waals surface area contributed by atoms with E-state index in [-0.39, 0.29) is 0 Å². The SMILES string of the molecule is C/C=C\C1=C(C)CCNC1.CC. The van der Waals surface area contributed by atoms with Crippen molar-refractivity contribution in [3.63, 3.8) is 0 Å². The molecule has 0 saturated carbocycles. The summed E-state index contributed by atoms with van der Waals surface area (Å²) < 4.78 is 0. The zero-order valence-electron chi connectivity index (χ0n) is 8.78. The van der Waals surface area contributed by atoms with Crippen LogP contribution in [0.15, 0.2) is 23.3 Å². The number of hydrogen-bond donors (Lipinski definition) is 1. The van der Waals surface area contributed by atoms with Gasteiger partial charge in [0.25, 0.3) is 0 Å². The molecule has 0 amide bonds. The lowest BCUT2D eigenvalue weighted by atomic mass is 10.0. The van der Waals surface area contributed by atoms with E-state index < -0.39 is 0 Å². The zero-order valence-corrected chi connectivity index (χ0v) is 8.78. The lowest BCUT2D eigenvalue weighted by molar-refractivity contribution is 0.686. The van der Waals surface area contributed by atoms with Gasteiger partial charge in [0.15, 0.2) is 0 Å². The van der Waals surface area contributed by atoms with Crippen molar-refractivity contribution < 1.29 is 0 Å². The minimum absolute atomic E-state index is 1.05. The first-order valence-corrected chi connectivity index (χ1v) is 4.86. The van der Waals surface area contributed by atoms with Crippen molar-refractivity contribution >= 4 is 0 Å². The molecular weight excluding hydrogens is 146 g/mol. The molecule has 0 saturated heterocycles. The van der Waals surface area contributed by atoms with Gasteiger partial charge in [0, 0.05) is 6.54 Å². The third kappa shape index (κ3) is 3.72. The Morgan fingerprint density at radius 1 is 1.33 bits per heavy atom. The van der Waals surface area contributed by atoms with Gasteiger partial charge in [-0.05, 0) is 32.4 Å². The highest BCUT2D eigenvalue weighted by Gasteiger charge is 2.03. The molecule has 0 aliphatic carbocycles. The third-order valence-corrected chi connectivity index (χ3v) is 1.91. The summed E-state index contributed by atoms with van der Waals surface area (Å²) in [5.74, 6) is 0. The highest BCUT2D eigenvalue weighted by Crippen LogP contribution is 2.11. The second-order valence-corrected chi connectivity index (χ2v) is 2.73. The largest absolute Gasteiger partial charge is 0.312 e. The van der Waals surface area contributed by atoms with Crippen molar-refractivity contribution in [1.29, 1.82) is 0 Å². The maximum atomic E-state index is 3.34. The van der Waals surface area contributed by atoms with Gasteiger partial charge in [0.1, 0.15) is 0 Å². The van der Waals surface area contributed by atoms with Crippen molar-refractivity contribution in [3.8, 4) is 0 Å². The number of allylic oxidation sites excluding steroid dienone is 1. The first kappa shape index (κ1) is 11.4. The van der Waals surface area contributed by atoms with Crippen LogP contribution < -0.4 is 5.32 Å². The number of hydrogen-bond acceptors (Lipinski definition) is 1. The lowest BCUT2D eigenvalue weighted by Crippen LogP contribution is -2.23. The maximum Gasteiger partial charge on any atom is 0.0204 e. The van der Waals surface area contributed by atoms with Crippen molar-refractivity contribution in [3.05, 3.63) is 23.3 Å². The Morgan fingerprint density at radius 3 is 2.50 bits per heavy atom. The van der Waals surface area contributed by atoms with Gasteiger partial charge in [-0.2, -0.15) is 0 Å². The fraction of sp³-hybridized carbons (Fsp3) is 0.636. The molecule has 0 spiro atoms. The Morgan fingerprint density at radius 2 is 2.00 bits per heavy atom. The van der Waals surface area contributed by atoms with Crippen molar-refractivity contribution in [1.82, 2.24) is 5.32 Å². The molecule has 0 aromatic heterocycles. The van der Waals surface area contributed by atoms with Crippen LogP contribution >= 0.6 is 0 Å². The molecule has 1 N–H and O–H groups in total. The molecule has 0 fully saturated rings. The van der Waals surface area contributed by atoms with Gasteiger partial charge in [-0.25, -0.2) is 0 Å². The average molecular weight is 167 g/mol. The topological polar surface area (TPSA) is 12.0 Å². The molecule has 0 radical (unpaired) electrons. The molecule has 1 heterocycles. The van der Waals surface area contributed by atoms with E-state index in [0.717, 1.165) is 13.1 Å². The smallest absolute Gasteiger partial charge is 0.0204 e. The van der Waals surface area contributed by atoms with Crippen LogP contribution in [0.4, 0.5) is 0 Å². The molecule has 1 aliphatic heterocycles. The first-order chi connectivity index (χ1) is 5.84. The Labute approximate surface area is 76.6 Å². The molecule has 0 aromatic rings. The summed E-state index contributed by atoms with van der Waals surface area (Å²) in [5.41, 5.74) is 3.01. The van der Waals surface area contributed by atoms with Gasteiger partial charge in [0.05, 0.1) is 0 Å². The Bertz CT molecular complexity index is 166. The molecule has 0 aromatic carbocycles.